The van der Waals surface area contributed by atoms with E-state index in [-0.39, 0.29) is 0 Å². The predicted octanol–water partition coefficient (Wildman–Crippen LogP) is 3.29. The van der Waals surface area contributed by atoms with Crippen molar-refractivity contribution in [2.45, 2.75) is 57.7 Å². The lowest BCUT2D eigenvalue weighted by Gasteiger charge is -2.38. The molecule has 1 aliphatic heterocycles. The molecule has 3 nitrogen and oxygen atoms in total. The average molecular weight is 288 g/mol. The molecule has 0 radical (unpaired) electrons. The molecule has 0 saturated heterocycles. The van der Waals surface area contributed by atoms with E-state index in [1.165, 1.54) is 57.3 Å². The zero-order valence-electron chi connectivity index (χ0n) is 13.0. The third kappa shape index (κ3) is 3.35. The van der Waals surface area contributed by atoms with Crippen LogP contribution in [-0.2, 0) is 17.8 Å². The molecule has 116 valence electrons. The minimum Gasteiger partial charge on any atom is -0.381 e. The Kier molecular flexibility index (Phi) is 4.04. The first-order chi connectivity index (χ1) is 10.4. The van der Waals surface area contributed by atoms with E-state index in [0.29, 0.717) is 0 Å². The van der Waals surface area contributed by atoms with Gasteiger partial charge in [-0.15, -0.1) is 0 Å². The Hall–Kier alpha value is -0.800. The van der Waals surface area contributed by atoms with Crippen molar-refractivity contribution in [3.05, 3.63) is 24.0 Å². The Bertz CT molecular complexity index is 462. The van der Waals surface area contributed by atoms with Crippen LogP contribution < -0.4 is 0 Å². The standard InChI is InChI=1S/C18H28N2O/c1-3-17(4-1)20-12-16(8-10-21-14-15-6-7-15)11-19-9-2-5-18(19)13-20/h2,5,9,15-17H,1,3-4,6-8,10-14H2/t16-/m0/s1. The van der Waals surface area contributed by atoms with Gasteiger partial charge in [-0.2, -0.15) is 0 Å². The van der Waals surface area contributed by atoms with Crippen molar-refractivity contribution in [2.24, 2.45) is 11.8 Å². The maximum Gasteiger partial charge on any atom is 0.0494 e. The second kappa shape index (κ2) is 6.13. The van der Waals surface area contributed by atoms with E-state index in [4.69, 9.17) is 4.74 Å². The number of nitrogens with zero attached hydrogens (tertiary/aromatic N) is 2. The molecule has 0 bridgehead atoms. The molecule has 1 atom stereocenters. The van der Waals surface area contributed by atoms with Crippen molar-refractivity contribution in [1.82, 2.24) is 9.47 Å². The fourth-order valence-corrected chi connectivity index (χ4v) is 3.71. The maximum atomic E-state index is 5.88. The summed E-state index contributed by atoms with van der Waals surface area (Å²) >= 11 is 0. The average Bonchev–Trinajstić information content (AvgIpc) is 3.17. The number of aromatic nitrogens is 1. The van der Waals surface area contributed by atoms with E-state index in [0.717, 1.165) is 37.6 Å². The predicted molar refractivity (Wildman–Crippen MR) is 84.1 cm³/mol. The van der Waals surface area contributed by atoms with Gasteiger partial charge in [0.15, 0.2) is 0 Å². The van der Waals surface area contributed by atoms with Crippen LogP contribution in [0.25, 0.3) is 0 Å². The Morgan fingerprint density at radius 2 is 2.00 bits per heavy atom. The minimum atomic E-state index is 0.749. The molecule has 2 fully saturated rings. The highest BCUT2D eigenvalue weighted by Crippen LogP contribution is 2.31. The second-order valence-corrected chi connectivity index (χ2v) is 7.34. The quantitative estimate of drug-likeness (QED) is 0.747. The summed E-state index contributed by atoms with van der Waals surface area (Å²) in [6, 6.07) is 5.36. The van der Waals surface area contributed by atoms with Crippen LogP contribution in [-0.4, -0.2) is 35.3 Å². The molecule has 1 aromatic rings. The maximum absolute atomic E-state index is 5.88. The molecular formula is C18H28N2O. The molecule has 2 aliphatic carbocycles. The lowest BCUT2D eigenvalue weighted by molar-refractivity contribution is 0.0777. The fraction of sp³-hybridized carbons (Fsp3) is 0.778. The SMILES string of the molecule is c1cc2n(c1)C[C@H](CCOCC1CC1)CN(C1CCC1)C2. The van der Waals surface area contributed by atoms with Gasteiger partial charge < -0.3 is 9.30 Å². The minimum absolute atomic E-state index is 0.749. The van der Waals surface area contributed by atoms with Crippen LogP contribution in [0.1, 0.15) is 44.2 Å². The first kappa shape index (κ1) is 13.8. The summed E-state index contributed by atoms with van der Waals surface area (Å²) in [5.41, 5.74) is 1.50. The second-order valence-electron chi connectivity index (χ2n) is 7.34. The molecule has 0 aromatic carbocycles. The van der Waals surface area contributed by atoms with E-state index in [1.807, 2.05) is 0 Å². The number of hydrogen-bond donors (Lipinski definition) is 0. The summed E-state index contributed by atoms with van der Waals surface area (Å²) in [5.74, 6) is 1.64. The lowest BCUT2D eigenvalue weighted by Crippen LogP contribution is -2.41. The van der Waals surface area contributed by atoms with E-state index in [9.17, 15) is 0 Å². The van der Waals surface area contributed by atoms with Crippen molar-refractivity contribution < 1.29 is 4.74 Å². The van der Waals surface area contributed by atoms with Gasteiger partial charge in [-0.25, -0.2) is 0 Å². The van der Waals surface area contributed by atoms with E-state index < -0.39 is 0 Å². The van der Waals surface area contributed by atoms with Gasteiger partial charge in [-0.05, 0) is 56.1 Å². The van der Waals surface area contributed by atoms with Crippen molar-refractivity contribution in [2.75, 3.05) is 19.8 Å². The summed E-state index contributed by atoms with van der Waals surface area (Å²) in [5, 5.41) is 0. The van der Waals surface area contributed by atoms with Gasteiger partial charge in [-0.3, -0.25) is 4.90 Å². The largest absolute Gasteiger partial charge is 0.381 e. The molecule has 21 heavy (non-hydrogen) atoms. The highest BCUT2D eigenvalue weighted by atomic mass is 16.5. The summed E-state index contributed by atoms with van der Waals surface area (Å²) in [6.45, 7) is 5.55. The highest BCUT2D eigenvalue weighted by Gasteiger charge is 2.30. The van der Waals surface area contributed by atoms with Gasteiger partial charge in [0.25, 0.3) is 0 Å². The number of ether oxygens (including phenoxy) is 1. The zero-order chi connectivity index (χ0) is 14.1. The van der Waals surface area contributed by atoms with Gasteiger partial charge in [0.1, 0.15) is 0 Å². The van der Waals surface area contributed by atoms with Crippen molar-refractivity contribution in [3.8, 4) is 0 Å². The molecule has 3 aliphatic rings. The Morgan fingerprint density at radius 3 is 2.76 bits per heavy atom. The third-order valence-corrected chi connectivity index (χ3v) is 5.55. The molecule has 4 rings (SSSR count). The Morgan fingerprint density at radius 1 is 1.10 bits per heavy atom. The van der Waals surface area contributed by atoms with Crippen LogP contribution in [0.3, 0.4) is 0 Å². The molecular weight excluding hydrogens is 260 g/mol. The molecule has 0 spiro atoms. The first-order valence-electron chi connectivity index (χ1n) is 8.84. The normalized spacial score (nSPS) is 27.1. The van der Waals surface area contributed by atoms with E-state index >= 15 is 0 Å². The van der Waals surface area contributed by atoms with Gasteiger partial charge in [0, 0.05) is 50.8 Å². The number of hydrogen-bond acceptors (Lipinski definition) is 2. The molecule has 0 amide bonds. The van der Waals surface area contributed by atoms with Crippen LogP contribution in [0.5, 0.6) is 0 Å². The summed E-state index contributed by atoms with van der Waals surface area (Å²) < 4.78 is 8.36. The van der Waals surface area contributed by atoms with Crippen molar-refractivity contribution in [1.29, 1.82) is 0 Å². The molecule has 1 aromatic heterocycles. The summed E-state index contributed by atoms with van der Waals surface area (Å²) in [4.78, 5) is 2.74. The third-order valence-electron chi connectivity index (χ3n) is 5.55. The van der Waals surface area contributed by atoms with Crippen LogP contribution >= 0.6 is 0 Å². The Labute approximate surface area is 128 Å². The fourth-order valence-electron chi connectivity index (χ4n) is 3.71. The van der Waals surface area contributed by atoms with Crippen molar-refractivity contribution in [3.63, 3.8) is 0 Å². The van der Waals surface area contributed by atoms with E-state index in [1.54, 1.807) is 0 Å². The molecule has 2 heterocycles. The first-order valence-corrected chi connectivity index (χ1v) is 8.84. The smallest absolute Gasteiger partial charge is 0.0494 e. The molecule has 3 heteroatoms. The molecule has 2 saturated carbocycles. The van der Waals surface area contributed by atoms with Crippen LogP contribution in [0.2, 0.25) is 0 Å². The van der Waals surface area contributed by atoms with Crippen LogP contribution in [0.4, 0.5) is 0 Å². The van der Waals surface area contributed by atoms with Crippen LogP contribution in [0.15, 0.2) is 18.3 Å². The zero-order valence-corrected chi connectivity index (χ0v) is 13.0. The monoisotopic (exact) mass is 288 g/mol. The van der Waals surface area contributed by atoms with Gasteiger partial charge >= 0.3 is 0 Å². The number of rotatable bonds is 6. The molecule has 0 N–H and O–H groups in total. The van der Waals surface area contributed by atoms with E-state index in [2.05, 4.69) is 27.8 Å². The summed E-state index contributed by atoms with van der Waals surface area (Å²) in [6.07, 6.45) is 10.5. The highest BCUT2D eigenvalue weighted by molar-refractivity contribution is 5.09. The summed E-state index contributed by atoms with van der Waals surface area (Å²) in [7, 11) is 0. The Balaban J connectivity index is 1.35. The topological polar surface area (TPSA) is 17.4 Å². The number of fused-ring (bicyclic) bond motifs is 1. The van der Waals surface area contributed by atoms with Gasteiger partial charge in [0.05, 0.1) is 0 Å². The van der Waals surface area contributed by atoms with Gasteiger partial charge in [0.2, 0.25) is 0 Å². The van der Waals surface area contributed by atoms with Crippen molar-refractivity contribution >= 4 is 0 Å². The van der Waals surface area contributed by atoms with Crippen LogP contribution in [0, 0.1) is 11.8 Å². The van der Waals surface area contributed by atoms with Gasteiger partial charge in [-0.1, -0.05) is 6.42 Å². The molecule has 0 unspecified atom stereocenters. The lowest BCUT2D eigenvalue weighted by atomic mass is 9.90.